The highest BCUT2D eigenvalue weighted by Gasteiger charge is 2.38. The summed E-state index contributed by atoms with van der Waals surface area (Å²) in [6, 6.07) is -0.304. The van der Waals surface area contributed by atoms with Crippen molar-refractivity contribution in [2.45, 2.75) is 44.4 Å². The van der Waals surface area contributed by atoms with E-state index < -0.39 is 10.0 Å². The first kappa shape index (κ1) is 13.8. The van der Waals surface area contributed by atoms with Crippen LogP contribution in [0.5, 0.6) is 0 Å². The lowest BCUT2D eigenvalue weighted by Crippen LogP contribution is -2.51. The number of carbonyl (C=O) groups excluding carboxylic acids is 1. The Kier molecular flexibility index (Phi) is 3.93. The molecule has 0 amide bonds. The van der Waals surface area contributed by atoms with Crippen LogP contribution in [-0.2, 0) is 19.6 Å². The van der Waals surface area contributed by atoms with E-state index in [4.69, 9.17) is 4.74 Å². The van der Waals surface area contributed by atoms with Crippen LogP contribution in [-0.4, -0.2) is 56.8 Å². The van der Waals surface area contributed by atoms with Gasteiger partial charge in [0, 0.05) is 19.0 Å². The van der Waals surface area contributed by atoms with Crippen LogP contribution in [0.4, 0.5) is 0 Å². The number of hydrogen-bond donors (Lipinski definition) is 1. The Hall–Kier alpha value is -0.660. The average Bonchev–Trinajstić information content (AvgIpc) is 2.55. The third-order valence-corrected chi connectivity index (χ3v) is 4.18. The van der Waals surface area contributed by atoms with Crippen LogP contribution in [0.1, 0.15) is 26.2 Å². The van der Waals surface area contributed by atoms with Gasteiger partial charge in [-0.15, -0.1) is 0 Å². The molecule has 18 heavy (non-hydrogen) atoms. The quantitative estimate of drug-likeness (QED) is 0.717. The molecule has 0 bridgehead atoms. The Labute approximate surface area is 108 Å². The predicted octanol–water partition coefficient (Wildman–Crippen LogP) is -0.296. The Bertz CT molecular complexity index is 423. The lowest BCUT2D eigenvalue weighted by Gasteiger charge is -2.34. The molecule has 0 radical (unpaired) electrons. The van der Waals surface area contributed by atoms with E-state index in [0.29, 0.717) is 13.0 Å². The molecule has 0 spiro atoms. The number of nitrogens with one attached hydrogen (secondary N) is 1. The number of nitrogens with zero attached hydrogens (tertiary/aromatic N) is 1. The van der Waals surface area contributed by atoms with Gasteiger partial charge < -0.3 is 4.74 Å². The van der Waals surface area contributed by atoms with Crippen LogP contribution in [0.2, 0.25) is 0 Å². The van der Waals surface area contributed by atoms with Crippen molar-refractivity contribution in [1.82, 2.24) is 9.62 Å². The summed E-state index contributed by atoms with van der Waals surface area (Å²) in [6.45, 7) is 3.29. The molecule has 0 aromatic carbocycles. The molecule has 0 aromatic rings. The number of rotatable bonds is 3. The van der Waals surface area contributed by atoms with Gasteiger partial charge in [0.15, 0.2) is 0 Å². The molecule has 0 aromatic heterocycles. The monoisotopic (exact) mass is 276 g/mol. The molecule has 3 atom stereocenters. The van der Waals surface area contributed by atoms with E-state index in [1.807, 2.05) is 11.8 Å². The van der Waals surface area contributed by atoms with Crippen molar-refractivity contribution in [1.29, 1.82) is 0 Å². The SMILES string of the molecule is CC1CC(N2CCCC(NS(C)(=O)=O)C2)C(=O)O1. The van der Waals surface area contributed by atoms with Crippen molar-refractivity contribution in [2.24, 2.45) is 0 Å². The average molecular weight is 276 g/mol. The first-order valence-electron chi connectivity index (χ1n) is 6.27. The molecule has 3 unspecified atom stereocenters. The van der Waals surface area contributed by atoms with Gasteiger partial charge in [-0.3, -0.25) is 9.69 Å². The number of carbonyl (C=O) groups is 1. The largest absolute Gasteiger partial charge is 0.461 e. The van der Waals surface area contributed by atoms with Gasteiger partial charge >= 0.3 is 5.97 Å². The van der Waals surface area contributed by atoms with Gasteiger partial charge in [0.25, 0.3) is 0 Å². The van der Waals surface area contributed by atoms with Gasteiger partial charge in [-0.25, -0.2) is 13.1 Å². The molecule has 104 valence electrons. The van der Waals surface area contributed by atoms with Gasteiger partial charge in [0.05, 0.1) is 6.26 Å². The highest BCUT2D eigenvalue weighted by Crippen LogP contribution is 2.23. The van der Waals surface area contributed by atoms with Gasteiger partial charge in [0.2, 0.25) is 10.0 Å². The van der Waals surface area contributed by atoms with E-state index in [2.05, 4.69) is 4.72 Å². The second-order valence-corrected chi connectivity index (χ2v) is 7.00. The van der Waals surface area contributed by atoms with Crippen molar-refractivity contribution in [2.75, 3.05) is 19.3 Å². The molecule has 1 N–H and O–H groups in total. The van der Waals surface area contributed by atoms with Crippen LogP contribution in [0.15, 0.2) is 0 Å². The Morgan fingerprint density at radius 3 is 2.72 bits per heavy atom. The molecule has 2 aliphatic rings. The summed E-state index contributed by atoms with van der Waals surface area (Å²) in [5.74, 6) is -0.178. The van der Waals surface area contributed by atoms with E-state index in [1.165, 1.54) is 0 Å². The minimum absolute atomic E-state index is 0.0363. The second kappa shape index (κ2) is 5.14. The van der Waals surface area contributed by atoms with Crippen molar-refractivity contribution >= 4 is 16.0 Å². The molecule has 6 nitrogen and oxygen atoms in total. The smallest absolute Gasteiger partial charge is 0.323 e. The van der Waals surface area contributed by atoms with E-state index in [-0.39, 0.29) is 24.2 Å². The first-order valence-corrected chi connectivity index (χ1v) is 8.16. The number of sulfonamides is 1. The van der Waals surface area contributed by atoms with Crippen molar-refractivity contribution in [3.8, 4) is 0 Å². The molecular formula is C11H20N2O4S. The predicted molar refractivity (Wildman–Crippen MR) is 66.5 cm³/mol. The van der Waals surface area contributed by atoms with Crippen molar-refractivity contribution in [3.05, 3.63) is 0 Å². The van der Waals surface area contributed by atoms with E-state index in [0.717, 1.165) is 25.6 Å². The Balaban J connectivity index is 1.96. The van der Waals surface area contributed by atoms with Crippen LogP contribution in [0.25, 0.3) is 0 Å². The fraction of sp³-hybridized carbons (Fsp3) is 0.909. The molecule has 0 aliphatic carbocycles. The van der Waals surface area contributed by atoms with Gasteiger partial charge in [-0.05, 0) is 26.3 Å². The van der Waals surface area contributed by atoms with Gasteiger partial charge in [0.1, 0.15) is 12.1 Å². The van der Waals surface area contributed by atoms with E-state index >= 15 is 0 Å². The molecule has 2 saturated heterocycles. The third-order valence-electron chi connectivity index (χ3n) is 3.42. The molecule has 2 heterocycles. The lowest BCUT2D eigenvalue weighted by atomic mass is 10.0. The van der Waals surface area contributed by atoms with Gasteiger partial charge in [-0.2, -0.15) is 0 Å². The Morgan fingerprint density at radius 2 is 2.17 bits per heavy atom. The number of piperidine rings is 1. The number of likely N-dealkylation sites (tertiary alicyclic amines) is 1. The normalized spacial score (nSPS) is 34.6. The summed E-state index contributed by atoms with van der Waals surface area (Å²) < 4.78 is 30.2. The zero-order valence-corrected chi connectivity index (χ0v) is 11.6. The zero-order chi connectivity index (χ0) is 13.3. The van der Waals surface area contributed by atoms with Gasteiger partial charge in [-0.1, -0.05) is 0 Å². The molecular weight excluding hydrogens is 256 g/mol. The van der Waals surface area contributed by atoms with Crippen molar-refractivity contribution < 1.29 is 17.9 Å². The highest BCUT2D eigenvalue weighted by molar-refractivity contribution is 7.88. The molecule has 0 saturated carbocycles. The van der Waals surface area contributed by atoms with Crippen LogP contribution >= 0.6 is 0 Å². The topological polar surface area (TPSA) is 75.7 Å². The minimum atomic E-state index is -3.19. The molecule has 7 heteroatoms. The third kappa shape index (κ3) is 3.43. The molecule has 2 fully saturated rings. The number of ether oxygens (including phenoxy) is 1. The summed E-state index contributed by atoms with van der Waals surface area (Å²) in [7, 11) is -3.19. The maximum atomic E-state index is 11.7. The summed E-state index contributed by atoms with van der Waals surface area (Å²) >= 11 is 0. The second-order valence-electron chi connectivity index (χ2n) is 5.22. The summed E-state index contributed by atoms with van der Waals surface area (Å²) in [4.78, 5) is 13.7. The fourth-order valence-electron chi connectivity index (χ4n) is 2.72. The van der Waals surface area contributed by atoms with Crippen LogP contribution < -0.4 is 4.72 Å². The molecule has 2 aliphatic heterocycles. The summed E-state index contributed by atoms with van der Waals surface area (Å²) in [5, 5.41) is 0. The first-order chi connectivity index (χ1) is 8.35. The Morgan fingerprint density at radius 1 is 1.44 bits per heavy atom. The standard InChI is InChI=1S/C11H20N2O4S/c1-8-6-10(11(14)17-8)13-5-3-4-9(7-13)12-18(2,15)16/h8-10,12H,3-7H2,1-2H3. The van der Waals surface area contributed by atoms with Crippen molar-refractivity contribution in [3.63, 3.8) is 0 Å². The van der Waals surface area contributed by atoms with E-state index in [1.54, 1.807) is 0 Å². The maximum absolute atomic E-state index is 11.7. The minimum Gasteiger partial charge on any atom is -0.461 e. The van der Waals surface area contributed by atoms with Crippen LogP contribution in [0, 0.1) is 0 Å². The van der Waals surface area contributed by atoms with Crippen LogP contribution in [0.3, 0.4) is 0 Å². The number of hydrogen-bond acceptors (Lipinski definition) is 5. The maximum Gasteiger partial charge on any atom is 0.323 e. The lowest BCUT2D eigenvalue weighted by molar-refractivity contribution is -0.145. The summed E-state index contributed by atoms with van der Waals surface area (Å²) in [6.07, 6.45) is 3.54. The number of esters is 1. The fourth-order valence-corrected chi connectivity index (χ4v) is 3.52. The molecule has 2 rings (SSSR count). The zero-order valence-electron chi connectivity index (χ0n) is 10.8. The highest BCUT2D eigenvalue weighted by atomic mass is 32.2. The number of cyclic esters (lactones) is 1. The van der Waals surface area contributed by atoms with E-state index in [9.17, 15) is 13.2 Å². The summed E-state index contributed by atoms with van der Waals surface area (Å²) in [5.41, 5.74) is 0.